The molecule has 31 heavy (non-hydrogen) atoms. The van der Waals surface area contributed by atoms with Crippen LogP contribution < -0.4 is 16.4 Å². The fraction of sp³-hybridized carbons (Fsp3) is 0.545. The molecule has 1 aliphatic rings. The molecule has 0 bridgehead atoms. The number of nitrogens with two attached hydrogens (primary N) is 1. The van der Waals surface area contributed by atoms with Crippen molar-refractivity contribution < 1.29 is 24.3 Å². The average Bonchev–Trinajstić information content (AvgIpc) is 3.22. The van der Waals surface area contributed by atoms with Crippen molar-refractivity contribution in [2.45, 2.75) is 64.2 Å². The van der Waals surface area contributed by atoms with Crippen LogP contribution in [0.25, 0.3) is 0 Å². The Bertz CT molecular complexity index is 798. The normalized spacial score (nSPS) is 18.9. The third-order valence-corrected chi connectivity index (χ3v) is 5.49. The number of carbonyl (C=O) groups is 4. The molecule has 0 aromatic heterocycles. The number of likely N-dealkylation sites (tertiary alicyclic amines) is 1. The lowest BCUT2D eigenvalue weighted by Crippen LogP contribution is -2.56. The number of hydrogen-bond donors (Lipinski definition) is 4. The maximum absolute atomic E-state index is 12.9. The highest BCUT2D eigenvalue weighted by atomic mass is 16.4. The van der Waals surface area contributed by atoms with Gasteiger partial charge in [-0.1, -0.05) is 44.2 Å². The van der Waals surface area contributed by atoms with Gasteiger partial charge in [-0.15, -0.1) is 0 Å². The second-order valence-corrected chi connectivity index (χ2v) is 8.28. The second kappa shape index (κ2) is 10.9. The molecule has 3 amide bonds. The zero-order chi connectivity index (χ0) is 23.1. The molecule has 0 radical (unpaired) electrons. The van der Waals surface area contributed by atoms with E-state index in [-0.39, 0.29) is 12.3 Å². The quantitative estimate of drug-likeness (QED) is 0.441. The lowest BCUT2D eigenvalue weighted by Gasteiger charge is -2.28. The van der Waals surface area contributed by atoms with E-state index in [4.69, 9.17) is 5.73 Å². The molecule has 1 saturated heterocycles. The molecule has 4 unspecified atom stereocenters. The summed E-state index contributed by atoms with van der Waals surface area (Å²) < 4.78 is 0. The number of amides is 3. The van der Waals surface area contributed by atoms with Gasteiger partial charge in [0.1, 0.15) is 18.1 Å². The van der Waals surface area contributed by atoms with Gasteiger partial charge in [0.2, 0.25) is 17.7 Å². The van der Waals surface area contributed by atoms with Crippen molar-refractivity contribution in [2.24, 2.45) is 11.7 Å². The Morgan fingerprint density at radius 1 is 1.13 bits per heavy atom. The molecule has 2 rings (SSSR count). The summed E-state index contributed by atoms with van der Waals surface area (Å²) >= 11 is 0. The predicted octanol–water partition coefficient (Wildman–Crippen LogP) is 0.278. The average molecular weight is 433 g/mol. The third kappa shape index (κ3) is 6.52. The SMILES string of the molecule is CC(NC(=O)C(N)C(C)C)C(=O)N1CCCC1C(=O)NC(Cc1ccccc1)C(=O)O. The van der Waals surface area contributed by atoms with Crippen LogP contribution in [0.15, 0.2) is 30.3 Å². The van der Waals surface area contributed by atoms with Crippen molar-refractivity contribution in [3.63, 3.8) is 0 Å². The summed E-state index contributed by atoms with van der Waals surface area (Å²) in [5, 5.41) is 14.7. The van der Waals surface area contributed by atoms with E-state index in [0.29, 0.717) is 19.4 Å². The Labute approximate surface area is 182 Å². The van der Waals surface area contributed by atoms with Crippen molar-refractivity contribution in [1.82, 2.24) is 15.5 Å². The van der Waals surface area contributed by atoms with E-state index in [1.807, 2.05) is 19.9 Å². The van der Waals surface area contributed by atoms with Crippen molar-refractivity contribution in [3.05, 3.63) is 35.9 Å². The van der Waals surface area contributed by atoms with E-state index in [9.17, 15) is 24.3 Å². The Hall–Kier alpha value is -2.94. The van der Waals surface area contributed by atoms with E-state index >= 15 is 0 Å². The molecule has 170 valence electrons. The maximum atomic E-state index is 12.9. The molecule has 0 saturated carbocycles. The molecule has 1 aromatic rings. The number of benzene rings is 1. The van der Waals surface area contributed by atoms with Crippen LogP contribution in [-0.2, 0) is 25.6 Å². The number of carbonyl (C=O) groups excluding carboxylic acids is 3. The van der Waals surface area contributed by atoms with Gasteiger partial charge in [-0.25, -0.2) is 4.79 Å². The Balaban J connectivity index is 2.02. The van der Waals surface area contributed by atoms with E-state index in [2.05, 4.69) is 10.6 Å². The minimum atomic E-state index is -1.14. The van der Waals surface area contributed by atoms with Crippen LogP contribution in [0.1, 0.15) is 39.2 Å². The summed E-state index contributed by atoms with van der Waals surface area (Å²) in [6.45, 7) is 5.54. The molecular formula is C22H32N4O5. The Kier molecular flexibility index (Phi) is 8.56. The maximum Gasteiger partial charge on any atom is 0.326 e. The highest BCUT2D eigenvalue weighted by molar-refractivity contribution is 5.94. The van der Waals surface area contributed by atoms with E-state index in [0.717, 1.165) is 5.56 Å². The van der Waals surface area contributed by atoms with Crippen LogP contribution in [0, 0.1) is 5.92 Å². The molecule has 0 spiro atoms. The number of aliphatic carboxylic acids is 1. The first-order valence-corrected chi connectivity index (χ1v) is 10.5. The fourth-order valence-corrected chi connectivity index (χ4v) is 3.54. The lowest BCUT2D eigenvalue weighted by atomic mass is 10.0. The molecule has 9 heteroatoms. The number of nitrogens with zero attached hydrogens (tertiary/aromatic N) is 1. The van der Waals surface area contributed by atoms with Gasteiger partial charge in [-0.3, -0.25) is 14.4 Å². The van der Waals surface area contributed by atoms with Gasteiger partial charge in [0, 0.05) is 13.0 Å². The summed E-state index contributed by atoms with van der Waals surface area (Å²) in [7, 11) is 0. The van der Waals surface area contributed by atoms with Gasteiger partial charge in [-0.05, 0) is 31.2 Å². The monoisotopic (exact) mass is 432 g/mol. The van der Waals surface area contributed by atoms with Crippen LogP contribution in [0.3, 0.4) is 0 Å². The standard InChI is InChI=1S/C22H32N4O5/c1-13(2)18(23)20(28)24-14(3)21(29)26-11-7-10-17(26)19(27)25-16(22(30)31)12-15-8-5-4-6-9-15/h4-6,8-9,13-14,16-18H,7,10-12,23H2,1-3H3,(H,24,28)(H,25,27)(H,30,31). The van der Waals surface area contributed by atoms with Crippen LogP contribution >= 0.6 is 0 Å². The zero-order valence-corrected chi connectivity index (χ0v) is 18.2. The van der Waals surface area contributed by atoms with Crippen LogP contribution in [0.2, 0.25) is 0 Å². The van der Waals surface area contributed by atoms with Gasteiger partial charge >= 0.3 is 5.97 Å². The molecule has 1 aromatic carbocycles. The van der Waals surface area contributed by atoms with E-state index < -0.39 is 47.9 Å². The van der Waals surface area contributed by atoms with E-state index in [1.165, 1.54) is 4.90 Å². The number of nitrogens with one attached hydrogen (secondary N) is 2. The molecule has 1 aliphatic heterocycles. The summed E-state index contributed by atoms with van der Waals surface area (Å²) in [5.41, 5.74) is 6.61. The van der Waals surface area contributed by atoms with E-state index in [1.54, 1.807) is 31.2 Å². The topological polar surface area (TPSA) is 142 Å². The first-order chi connectivity index (χ1) is 14.6. The largest absolute Gasteiger partial charge is 0.480 e. The molecule has 0 aliphatic carbocycles. The van der Waals surface area contributed by atoms with Crippen molar-refractivity contribution in [1.29, 1.82) is 0 Å². The van der Waals surface area contributed by atoms with Gasteiger partial charge in [0.05, 0.1) is 6.04 Å². The number of rotatable bonds is 9. The molecular weight excluding hydrogens is 400 g/mol. The Morgan fingerprint density at radius 3 is 2.35 bits per heavy atom. The highest BCUT2D eigenvalue weighted by Crippen LogP contribution is 2.19. The fourth-order valence-electron chi connectivity index (χ4n) is 3.54. The van der Waals surface area contributed by atoms with Crippen LogP contribution in [-0.4, -0.2) is 64.4 Å². The summed E-state index contributed by atoms with van der Waals surface area (Å²) in [4.78, 5) is 50.9. The predicted molar refractivity (Wildman–Crippen MR) is 115 cm³/mol. The Morgan fingerprint density at radius 2 is 1.77 bits per heavy atom. The number of carboxylic acids is 1. The molecule has 1 fully saturated rings. The van der Waals surface area contributed by atoms with Crippen molar-refractivity contribution in [3.8, 4) is 0 Å². The lowest BCUT2D eigenvalue weighted by molar-refractivity contribution is -0.144. The summed E-state index contributed by atoms with van der Waals surface area (Å²) in [5.74, 6) is -2.55. The number of hydrogen-bond acceptors (Lipinski definition) is 5. The summed E-state index contributed by atoms with van der Waals surface area (Å²) in [6, 6.07) is 5.56. The van der Waals surface area contributed by atoms with Crippen molar-refractivity contribution >= 4 is 23.7 Å². The third-order valence-electron chi connectivity index (χ3n) is 5.49. The highest BCUT2D eigenvalue weighted by Gasteiger charge is 2.38. The molecule has 5 N–H and O–H groups in total. The van der Waals surface area contributed by atoms with Gasteiger partial charge in [0.25, 0.3) is 0 Å². The smallest absolute Gasteiger partial charge is 0.326 e. The van der Waals surface area contributed by atoms with Crippen LogP contribution in [0.5, 0.6) is 0 Å². The minimum absolute atomic E-state index is 0.0785. The molecule has 9 nitrogen and oxygen atoms in total. The van der Waals surface area contributed by atoms with Gasteiger partial charge in [-0.2, -0.15) is 0 Å². The molecule has 4 atom stereocenters. The van der Waals surface area contributed by atoms with Gasteiger partial charge in [0.15, 0.2) is 0 Å². The first-order valence-electron chi connectivity index (χ1n) is 10.5. The summed E-state index contributed by atoms with van der Waals surface area (Å²) in [6.07, 6.45) is 1.19. The number of carboxylic acid groups (broad SMARTS) is 1. The van der Waals surface area contributed by atoms with Crippen LogP contribution in [0.4, 0.5) is 0 Å². The second-order valence-electron chi connectivity index (χ2n) is 8.28. The first kappa shape index (κ1) is 24.3. The minimum Gasteiger partial charge on any atom is -0.480 e. The zero-order valence-electron chi connectivity index (χ0n) is 18.2. The van der Waals surface area contributed by atoms with Gasteiger partial charge < -0.3 is 26.4 Å². The van der Waals surface area contributed by atoms with Crippen molar-refractivity contribution in [2.75, 3.05) is 6.54 Å². The molecule has 1 heterocycles.